The third kappa shape index (κ3) is 5.61. The van der Waals surface area contributed by atoms with Gasteiger partial charge in [0.2, 0.25) is 5.95 Å². The Morgan fingerprint density at radius 2 is 1.43 bits per heavy atom. The summed E-state index contributed by atoms with van der Waals surface area (Å²) in [4.78, 5) is 12.9. The van der Waals surface area contributed by atoms with Crippen molar-refractivity contribution in [2.24, 2.45) is 5.92 Å². The van der Waals surface area contributed by atoms with Gasteiger partial charge >= 0.3 is 0 Å². The topological polar surface area (TPSA) is 46.0 Å². The maximum atomic E-state index is 5.25. The predicted molar refractivity (Wildman–Crippen MR) is 156 cm³/mol. The van der Waals surface area contributed by atoms with Crippen molar-refractivity contribution in [3.05, 3.63) is 96.1 Å². The van der Waals surface area contributed by atoms with E-state index >= 15 is 0 Å². The normalized spacial score (nSPS) is 11.5. The molecule has 37 heavy (non-hydrogen) atoms. The molecule has 5 aromatic rings. The number of nitrogens with zero attached hydrogens (tertiary/aromatic N) is 4. The molecule has 2 heterocycles. The Bertz CT molecular complexity index is 1400. The fourth-order valence-electron chi connectivity index (χ4n) is 4.91. The van der Waals surface area contributed by atoms with Gasteiger partial charge in [-0.05, 0) is 29.5 Å². The van der Waals surface area contributed by atoms with Crippen molar-refractivity contribution in [1.82, 2.24) is 14.5 Å². The minimum Gasteiger partial charge on any atom is -0.356 e. The van der Waals surface area contributed by atoms with E-state index in [4.69, 9.17) is 9.97 Å². The van der Waals surface area contributed by atoms with Gasteiger partial charge in [0.05, 0.1) is 11.0 Å². The van der Waals surface area contributed by atoms with Crippen LogP contribution in [0.25, 0.3) is 21.9 Å². The van der Waals surface area contributed by atoms with Crippen molar-refractivity contribution < 1.29 is 0 Å². The number of para-hydroxylation sites is 1. The molecule has 0 aliphatic rings. The standard InChI is InChI=1S/C32H37N5/c1-4-5-20-33-32-35-29-30(37(32)21-24(2)3)27-18-12-13-19-28(27)34-31(29)36(22-25-14-8-6-9-15-25)23-26-16-10-7-11-17-26/h6-19,24H,4-5,20-23H2,1-3H3,(H,33,35). The van der Waals surface area contributed by atoms with Crippen LogP contribution in [-0.4, -0.2) is 21.1 Å². The molecule has 0 fully saturated rings. The molecule has 5 heteroatoms. The summed E-state index contributed by atoms with van der Waals surface area (Å²) in [5, 5.41) is 4.80. The van der Waals surface area contributed by atoms with Crippen molar-refractivity contribution in [3.63, 3.8) is 0 Å². The molecule has 0 saturated heterocycles. The van der Waals surface area contributed by atoms with Gasteiger partial charge in [-0.25, -0.2) is 9.97 Å². The molecule has 2 aromatic heterocycles. The average molecular weight is 492 g/mol. The molecule has 1 N–H and O–H groups in total. The van der Waals surface area contributed by atoms with Crippen LogP contribution >= 0.6 is 0 Å². The number of benzene rings is 3. The number of imidazole rings is 1. The van der Waals surface area contributed by atoms with Crippen molar-refractivity contribution in [2.75, 3.05) is 16.8 Å². The van der Waals surface area contributed by atoms with Crippen LogP contribution in [0, 0.1) is 5.92 Å². The summed E-state index contributed by atoms with van der Waals surface area (Å²) in [6, 6.07) is 29.8. The van der Waals surface area contributed by atoms with Crippen LogP contribution in [-0.2, 0) is 19.6 Å². The number of aromatic nitrogens is 3. The van der Waals surface area contributed by atoms with Crippen molar-refractivity contribution in [3.8, 4) is 0 Å². The summed E-state index contributed by atoms with van der Waals surface area (Å²) in [6.07, 6.45) is 2.26. The quantitative estimate of drug-likeness (QED) is 0.193. The molecule has 0 unspecified atom stereocenters. The van der Waals surface area contributed by atoms with E-state index in [1.165, 1.54) is 16.6 Å². The van der Waals surface area contributed by atoms with Crippen molar-refractivity contribution in [1.29, 1.82) is 0 Å². The number of fused-ring (bicyclic) bond motifs is 3. The van der Waals surface area contributed by atoms with Crippen LogP contribution < -0.4 is 10.2 Å². The molecule has 0 spiro atoms. The third-order valence-corrected chi connectivity index (χ3v) is 6.66. The highest BCUT2D eigenvalue weighted by Gasteiger charge is 2.22. The Hall–Kier alpha value is -3.86. The monoisotopic (exact) mass is 491 g/mol. The Labute approximate surface area is 220 Å². The highest BCUT2D eigenvalue weighted by molar-refractivity contribution is 6.08. The van der Waals surface area contributed by atoms with Gasteiger partial charge < -0.3 is 14.8 Å². The number of hydrogen-bond donors (Lipinski definition) is 1. The maximum Gasteiger partial charge on any atom is 0.204 e. The first-order chi connectivity index (χ1) is 18.1. The molecule has 0 atom stereocenters. The molecule has 0 saturated carbocycles. The second-order valence-electron chi connectivity index (χ2n) is 10.2. The Morgan fingerprint density at radius 3 is 2.05 bits per heavy atom. The van der Waals surface area contributed by atoms with E-state index in [1.807, 2.05) is 0 Å². The van der Waals surface area contributed by atoms with E-state index in [0.717, 1.165) is 67.2 Å². The highest BCUT2D eigenvalue weighted by Crippen LogP contribution is 2.35. The van der Waals surface area contributed by atoms with Gasteiger partial charge in [-0.1, -0.05) is 106 Å². The van der Waals surface area contributed by atoms with Gasteiger partial charge in [0.15, 0.2) is 5.82 Å². The number of nitrogens with one attached hydrogen (secondary N) is 1. The minimum atomic E-state index is 0.490. The SMILES string of the molecule is CCCCNc1nc2c(N(Cc3ccccc3)Cc3ccccc3)nc3ccccc3c2n1CC(C)C. The number of anilines is 2. The molecule has 0 aliphatic carbocycles. The third-order valence-electron chi connectivity index (χ3n) is 6.66. The zero-order chi connectivity index (χ0) is 25.6. The lowest BCUT2D eigenvalue weighted by molar-refractivity contribution is 0.536. The fourth-order valence-corrected chi connectivity index (χ4v) is 4.91. The molecule has 0 bridgehead atoms. The second kappa shape index (κ2) is 11.5. The lowest BCUT2D eigenvalue weighted by Crippen LogP contribution is -2.23. The van der Waals surface area contributed by atoms with Gasteiger partial charge in [-0.2, -0.15) is 0 Å². The van der Waals surface area contributed by atoms with Gasteiger partial charge in [0, 0.05) is 31.6 Å². The Kier molecular flexibility index (Phi) is 7.69. The average Bonchev–Trinajstić information content (AvgIpc) is 3.27. The van der Waals surface area contributed by atoms with E-state index in [0.29, 0.717) is 5.92 Å². The largest absolute Gasteiger partial charge is 0.356 e. The first kappa shape index (κ1) is 24.8. The zero-order valence-electron chi connectivity index (χ0n) is 22.2. The van der Waals surface area contributed by atoms with Gasteiger partial charge in [-0.3, -0.25) is 0 Å². The number of unbranched alkanes of at least 4 members (excludes halogenated alkanes) is 1. The van der Waals surface area contributed by atoms with Crippen LogP contribution in [0.3, 0.4) is 0 Å². The van der Waals surface area contributed by atoms with Gasteiger partial charge in [0.25, 0.3) is 0 Å². The molecule has 190 valence electrons. The summed E-state index contributed by atoms with van der Waals surface area (Å²) in [6.45, 7) is 10.1. The molecule has 5 nitrogen and oxygen atoms in total. The summed E-state index contributed by atoms with van der Waals surface area (Å²) in [7, 11) is 0. The Balaban J connectivity index is 1.72. The second-order valence-corrected chi connectivity index (χ2v) is 10.2. The van der Waals surface area contributed by atoms with Crippen LogP contribution in [0.15, 0.2) is 84.9 Å². The summed E-state index contributed by atoms with van der Waals surface area (Å²) in [5.74, 6) is 2.36. The zero-order valence-corrected chi connectivity index (χ0v) is 22.2. The number of pyridine rings is 1. The van der Waals surface area contributed by atoms with Crippen LogP contribution in [0.2, 0.25) is 0 Å². The van der Waals surface area contributed by atoms with Crippen LogP contribution in [0.5, 0.6) is 0 Å². The fraction of sp³-hybridized carbons (Fsp3) is 0.312. The molecule has 0 amide bonds. The van der Waals surface area contributed by atoms with Crippen molar-refractivity contribution in [2.45, 2.75) is 53.2 Å². The predicted octanol–water partition coefficient (Wildman–Crippen LogP) is 7.66. The molecular weight excluding hydrogens is 454 g/mol. The number of rotatable bonds is 11. The lowest BCUT2D eigenvalue weighted by atomic mass is 10.1. The van der Waals surface area contributed by atoms with E-state index in [1.54, 1.807) is 0 Å². The van der Waals surface area contributed by atoms with Crippen molar-refractivity contribution >= 4 is 33.7 Å². The Morgan fingerprint density at radius 1 is 0.811 bits per heavy atom. The van der Waals surface area contributed by atoms with Crippen LogP contribution in [0.1, 0.15) is 44.7 Å². The summed E-state index contributed by atoms with van der Waals surface area (Å²) >= 11 is 0. The molecule has 3 aromatic carbocycles. The maximum absolute atomic E-state index is 5.25. The summed E-state index contributed by atoms with van der Waals surface area (Å²) in [5.41, 5.74) is 5.64. The molecule has 5 rings (SSSR count). The minimum absolute atomic E-state index is 0.490. The number of hydrogen-bond acceptors (Lipinski definition) is 4. The molecular formula is C32H37N5. The van der Waals surface area contributed by atoms with E-state index < -0.39 is 0 Å². The van der Waals surface area contributed by atoms with E-state index in [2.05, 4.69) is 120 Å². The van der Waals surface area contributed by atoms with E-state index in [-0.39, 0.29) is 0 Å². The van der Waals surface area contributed by atoms with Gasteiger partial charge in [0.1, 0.15) is 5.52 Å². The summed E-state index contributed by atoms with van der Waals surface area (Å²) < 4.78 is 2.38. The highest BCUT2D eigenvalue weighted by atomic mass is 15.2. The van der Waals surface area contributed by atoms with Gasteiger partial charge in [-0.15, -0.1) is 0 Å². The molecule has 0 radical (unpaired) electrons. The lowest BCUT2D eigenvalue weighted by Gasteiger charge is -2.25. The first-order valence-electron chi connectivity index (χ1n) is 13.5. The molecule has 0 aliphatic heterocycles. The smallest absolute Gasteiger partial charge is 0.204 e. The first-order valence-corrected chi connectivity index (χ1v) is 13.5. The van der Waals surface area contributed by atoms with Crippen LogP contribution in [0.4, 0.5) is 11.8 Å². The van der Waals surface area contributed by atoms with E-state index in [9.17, 15) is 0 Å².